The highest BCUT2D eigenvalue weighted by Crippen LogP contribution is 2.32. The summed E-state index contributed by atoms with van der Waals surface area (Å²) >= 11 is 6.00. The summed E-state index contributed by atoms with van der Waals surface area (Å²) in [5, 5.41) is 8.47. The first-order valence-corrected chi connectivity index (χ1v) is 11.6. The highest BCUT2D eigenvalue weighted by atomic mass is 35.5. The second-order valence-corrected chi connectivity index (χ2v) is 9.96. The number of nitrogens with zero attached hydrogens (tertiary/aromatic N) is 2. The standard InChI is InChI=1S/C26H31ClN4O.ClH/c1-26(2,3)30-25(32)19-12-14-31(15-13-19)23-16-24(29-22-7-5-4-6-21(22)23)28-17-18-8-10-20(27)11-9-18;/h4-11,16,19H,12-15,17H2,1-3H3,(H,28,29)(H,30,32);1H. The summed E-state index contributed by atoms with van der Waals surface area (Å²) in [4.78, 5) is 19.8. The lowest BCUT2D eigenvalue weighted by molar-refractivity contribution is -0.127. The number of amides is 1. The highest BCUT2D eigenvalue weighted by Gasteiger charge is 2.28. The Morgan fingerprint density at radius 2 is 1.76 bits per heavy atom. The number of hydrogen-bond donors (Lipinski definition) is 2. The van der Waals surface area contributed by atoms with Crippen LogP contribution >= 0.6 is 24.0 Å². The molecule has 1 aliphatic rings. The minimum absolute atomic E-state index is 0. The van der Waals surface area contributed by atoms with Crippen LogP contribution in [0, 0.1) is 5.92 Å². The molecule has 1 aliphatic heterocycles. The molecule has 1 saturated heterocycles. The van der Waals surface area contributed by atoms with Gasteiger partial charge in [0.2, 0.25) is 5.91 Å². The van der Waals surface area contributed by atoms with Crippen molar-refractivity contribution in [3.63, 3.8) is 0 Å². The van der Waals surface area contributed by atoms with Gasteiger partial charge < -0.3 is 15.5 Å². The van der Waals surface area contributed by atoms with Crippen molar-refractivity contribution >= 4 is 52.3 Å². The molecule has 0 bridgehead atoms. The predicted molar refractivity (Wildman–Crippen MR) is 141 cm³/mol. The van der Waals surface area contributed by atoms with Crippen molar-refractivity contribution in [2.75, 3.05) is 23.3 Å². The number of aromatic nitrogens is 1. The molecule has 2 N–H and O–H groups in total. The molecule has 2 heterocycles. The topological polar surface area (TPSA) is 57.3 Å². The number of fused-ring (bicyclic) bond motifs is 1. The smallest absolute Gasteiger partial charge is 0.223 e. The van der Waals surface area contributed by atoms with Gasteiger partial charge in [-0.2, -0.15) is 0 Å². The maximum Gasteiger partial charge on any atom is 0.223 e. The average molecular weight is 487 g/mol. The summed E-state index contributed by atoms with van der Waals surface area (Å²) in [6, 6.07) is 18.2. The predicted octanol–water partition coefficient (Wildman–Crippen LogP) is 6.05. The third-order valence-corrected chi connectivity index (χ3v) is 6.04. The fraction of sp³-hybridized carbons (Fsp3) is 0.385. The number of carbonyl (C=O) groups excluding carboxylic acids is 1. The van der Waals surface area contributed by atoms with Crippen LogP contribution in [0.2, 0.25) is 5.02 Å². The number of rotatable bonds is 5. The molecule has 0 spiro atoms. The van der Waals surface area contributed by atoms with E-state index in [1.54, 1.807) is 0 Å². The number of para-hydroxylation sites is 1. The number of halogens is 2. The average Bonchev–Trinajstić information content (AvgIpc) is 2.77. The quantitative estimate of drug-likeness (QED) is 0.460. The Kier molecular flexibility index (Phi) is 8.09. The van der Waals surface area contributed by atoms with Gasteiger partial charge in [-0.25, -0.2) is 4.98 Å². The van der Waals surface area contributed by atoms with E-state index in [0.717, 1.165) is 53.2 Å². The van der Waals surface area contributed by atoms with Gasteiger partial charge in [-0.15, -0.1) is 12.4 Å². The van der Waals surface area contributed by atoms with E-state index >= 15 is 0 Å². The van der Waals surface area contributed by atoms with Crippen LogP contribution in [0.25, 0.3) is 10.9 Å². The molecule has 4 rings (SSSR count). The van der Waals surface area contributed by atoms with E-state index in [0.29, 0.717) is 6.54 Å². The Labute approximate surface area is 207 Å². The lowest BCUT2D eigenvalue weighted by Crippen LogP contribution is -2.47. The molecule has 0 aliphatic carbocycles. The second-order valence-electron chi connectivity index (χ2n) is 9.52. The Bertz CT molecular complexity index is 1090. The van der Waals surface area contributed by atoms with Crippen LogP contribution in [0.4, 0.5) is 11.5 Å². The molecule has 33 heavy (non-hydrogen) atoms. The first-order valence-electron chi connectivity index (χ1n) is 11.2. The van der Waals surface area contributed by atoms with Gasteiger partial charge in [-0.1, -0.05) is 41.9 Å². The summed E-state index contributed by atoms with van der Waals surface area (Å²) in [6.45, 7) is 8.47. The Balaban J connectivity index is 0.00000306. The van der Waals surface area contributed by atoms with E-state index in [2.05, 4.69) is 39.8 Å². The van der Waals surface area contributed by atoms with Crippen molar-refractivity contribution in [2.24, 2.45) is 5.92 Å². The van der Waals surface area contributed by atoms with Gasteiger partial charge >= 0.3 is 0 Å². The van der Waals surface area contributed by atoms with E-state index in [9.17, 15) is 4.79 Å². The molecule has 7 heteroatoms. The minimum atomic E-state index is -0.194. The molecular weight excluding hydrogens is 455 g/mol. The number of hydrogen-bond acceptors (Lipinski definition) is 4. The van der Waals surface area contributed by atoms with Gasteiger partial charge in [0.05, 0.1) is 5.52 Å². The largest absolute Gasteiger partial charge is 0.371 e. The van der Waals surface area contributed by atoms with Crippen LogP contribution in [-0.2, 0) is 11.3 Å². The van der Waals surface area contributed by atoms with Crippen molar-refractivity contribution in [1.82, 2.24) is 10.3 Å². The normalized spacial score (nSPS) is 14.6. The fourth-order valence-corrected chi connectivity index (χ4v) is 4.28. The van der Waals surface area contributed by atoms with E-state index in [-0.39, 0.29) is 29.8 Å². The van der Waals surface area contributed by atoms with Gasteiger partial charge in [0.1, 0.15) is 5.82 Å². The molecule has 176 valence electrons. The zero-order valence-corrected chi connectivity index (χ0v) is 21.0. The van der Waals surface area contributed by atoms with Crippen molar-refractivity contribution < 1.29 is 4.79 Å². The number of anilines is 2. The number of nitrogens with one attached hydrogen (secondary N) is 2. The summed E-state index contributed by atoms with van der Waals surface area (Å²) in [7, 11) is 0. The summed E-state index contributed by atoms with van der Waals surface area (Å²) in [6.07, 6.45) is 1.71. The van der Waals surface area contributed by atoms with E-state index < -0.39 is 0 Å². The Morgan fingerprint density at radius 1 is 1.09 bits per heavy atom. The van der Waals surface area contributed by atoms with Crippen molar-refractivity contribution in [3.8, 4) is 0 Å². The van der Waals surface area contributed by atoms with Crippen molar-refractivity contribution in [3.05, 3.63) is 65.2 Å². The van der Waals surface area contributed by atoms with Gasteiger partial charge in [0.15, 0.2) is 0 Å². The monoisotopic (exact) mass is 486 g/mol. The van der Waals surface area contributed by atoms with Crippen LogP contribution in [0.1, 0.15) is 39.2 Å². The first kappa shape index (κ1) is 25.1. The SMILES string of the molecule is CC(C)(C)NC(=O)C1CCN(c2cc(NCc3ccc(Cl)cc3)nc3ccccc23)CC1.Cl. The number of piperidine rings is 1. The highest BCUT2D eigenvalue weighted by molar-refractivity contribution is 6.30. The minimum Gasteiger partial charge on any atom is -0.371 e. The van der Waals surface area contributed by atoms with Crippen molar-refractivity contribution in [1.29, 1.82) is 0 Å². The van der Waals surface area contributed by atoms with Gasteiger partial charge in [0, 0.05) is 53.3 Å². The maximum absolute atomic E-state index is 12.6. The zero-order chi connectivity index (χ0) is 22.7. The van der Waals surface area contributed by atoms with Gasteiger partial charge in [-0.3, -0.25) is 4.79 Å². The second kappa shape index (κ2) is 10.6. The van der Waals surface area contributed by atoms with E-state index in [4.69, 9.17) is 16.6 Å². The number of pyridine rings is 1. The molecule has 3 aromatic rings. The Hall–Kier alpha value is -2.50. The Morgan fingerprint density at radius 3 is 2.42 bits per heavy atom. The first-order chi connectivity index (χ1) is 15.3. The molecule has 0 saturated carbocycles. The van der Waals surface area contributed by atoms with Crippen molar-refractivity contribution in [2.45, 2.75) is 45.7 Å². The van der Waals surface area contributed by atoms with Gasteiger partial charge in [0.25, 0.3) is 0 Å². The van der Waals surface area contributed by atoms with Gasteiger partial charge in [-0.05, 0) is 57.4 Å². The molecule has 2 aromatic carbocycles. The third kappa shape index (κ3) is 6.52. The molecular formula is C26H32Cl2N4O. The van der Waals surface area contributed by atoms with Crippen LogP contribution in [0.15, 0.2) is 54.6 Å². The number of benzene rings is 2. The van der Waals surface area contributed by atoms with E-state index in [1.807, 2.05) is 51.1 Å². The van der Waals surface area contributed by atoms with Crippen LogP contribution in [0.5, 0.6) is 0 Å². The summed E-state index contributed by atoms with van der Waals surface area (Å²) in [5.74, 6) is 1.09. The van der Waals surface area contributed by atoms with E-state index in [1.165, 1.54) is 5.69 Å². The number of carbonyl (C=O) groups is 1. The molecule has 0 atom stereocenters. The zero-order valence-electron chi connectivity index (χ0n) is 19.4. The van der Waals surface area contributed by atoms with Crippen LogP contribution in [-0.4, -0.2) is 29.5 Å². The summed E-state index contributed by atoms with van der Waals surface area (Å²) < 4.78 is 0. The molecule has 1 fully saturated rings. The fourth-order valence-electron chi connectivity index (χ4n) is 4.16. The molecule has 5 nitrogen and oxygen atoms in total. The lowest BCUT2D eigenvalue weighted by atomic mass is 9.94. The molecule has 0 unspecified atom stereocenters. The third-order valence-electron chi connectivity index (χ3n) is 5.79. The molecule has 0 radical (unpaired) electrons. The van der Waals surface area contributed by atoms with Crippen LogP contribution < -0.4 is 15.5 Å². The summed E-state index contributed by atoms with van der Waals surface area (Å²) in [5.41, 5.74) is 3.09. The molecule has 1 amide bonds. The van der Waals surface area contributed by atoms with Crippen LogP contribution in [0.3, 0.4) is 0 Å². The maximum atomic E-state index is 12.6. The lowest BCUT2D eigenvalue weighted by Gasteiger charge is -2.35. The molecule has 1 aromatic heterocycles.